The summed E-state index contributed by atoms with van der Waals surface area (Å²) in [5.74, 6) is -0.372. The number of Topliss-reactive ketones (excluding diaryl/α,β-unsaturated/α-hetero) is 1. The van der Waals surface area contributed by atoms with Crippen molar-refractivity contribution in [2.45, 2.75) is 5.54 Å². The number of rotatable bonds is 3. The number of nitrogens with zero attached hydrogens (tertiary/aromatic N) is 1. The number of likely N-dealkylation sites (N-methyl/N-ethyl adjacent to an activating group) is 1. The molecule has 5 nitrogen and oxygen atoms in total. The summed E-state index contributed by atoms with van der Waals surface area (Å²) in [6.45, 7) is 3.62. The molecule has 0 N–H and O–H groups in total. The van der Waals surface area contributed by atoms with E-state index in [9.17, 15) is 9.59 Å². The highest BCUT2D eigenvalue weighted by Gasteiger charge is 2.54. The normalized spacial score (nSPS) is 21.0. The van der Waals surface area contributed by atoms with Gasteiger partial charge < -0.3 is 14.4 Å². The van der Waals surface area contributed by atoms with E-state index in [4.69, 9.17) is 9.47 Å². The van der Waals surface area contributed by atoms with Crippen molar-refractivity contribution in [2.75, 3.05) is 26.2 Å². The van der Waals surface area contributed by atoms with Crippen molar-refractivity contribution in [3.63, 3.8) is 0 Å². The van der Waals surface area contributed by atoms with Crippen molar-refractivity contribution in [1.82, 2.24) is 0 Å². The Morgan fingerprint density at radius 2 is 2.11 bits per heavy atom. The molecule has 1 heterocycles. The van der Waals surface area contributed by atoms with Gasteiger partial charge in [0.25, 0.3) is 0 Å². The van der Waals surface area contributed by atoms with Crippen LogP contribution in [0.5, 0.6) is 5.75 Å². The van der Waals surface area contributed by atoms with Gasteiger partial charge in [-0.15, -0.1) is 0 Å². The lowest BCUT2D eigenvalue weighted by atomic mass is 9.93. The molecule has 2 rings (SSSR count). The van der Waals surface area contributed by atoms with E-state index in [-0.39, 0.29) is 5.78 Å². The maximum absolute atomic E-state index is 12.5. The van der Waals surface area contributed by atoms with Gasteiger partial charge in [0.2, 0.25) is 11.3 Å². The topological polar surface area (TPSA) is 55.8 Å². The molecule has 19 heavy (non-hydrogen) atoms. The minimum absolute atomic E-state index is 0.338. The molecule has 0 amide bonds. The Labute approximate surface area is 111 Å². The summed E-state index contributed by atoms with van der Waals surface area (Å²) in [5, 5.41) is 0. The van der Waals surface area contributed by atoms with E-state index < -0.39 is 11.5 Å². The van der Waals surface area contributed by atoms with Crippen LogP contribution in [0.1, 0.15) is 10.4 Å². The van der Waals surface area contributed by atoms with E-state index in [2.05, 4.69) is 6.58 Å². The smallest absolute Gasteiger partial charge is 0.344 e. The van der Waals surface area contributed by atoms with Gasteiger partial charge in [0.15, 0.2) is 0 Å². The fourth-order valence-corrected chi connectivity index (χ4v) is 2.35. The molecule has 0 radical (unpaired) electrons. The molecule has 1 aromatic rings. The summed E-state index contributed by atoms with van der Waals surface area (Å²) >= 11 is 0. The molecule has 1 aliphatic heterocycles. The van der Waals surface area contributed by atoms with Crippen LogP contribution in [0.3, 0.4) is 0 Å². The van der Waals surface area contributed by atoms with Gasteiger partial charge in [-0.3, -0.25) is 4.79 Å². The number of hydrogen-bond acceptors (Lipinski definition) is 5. The number of hydrogen-bond donors (Lipinski definition) is 0. The Kier molecular flexibility index (Phi) is 3.06. The Morgan fingerprint density at radius 3 is 2.63 bits per heavy atom. The number of carbonyl (C=O) groups excluding carboxylic acids is 2. The van der Waals surface area contributed by atoms with Gasteiger partial charge in [-0.25, -0.2) is 4.79 Å². The fourth-order valence-electron chi connectivity index (χ4n) is 2.35. The van der Waals surface area contributed by atoms with Gasteiger partial charge in [0.05, 0.1) is 19.9 Å². The molecular weight excluding hydrogens is 246 g/mol. The standard InChI is InChI=1S/C14H15NO4/c1-5-14(13(17)19-4)12(16)10-7-6-9(18-3)8-11(10)15(14)2/h5-8H,1H2,2-4H3. The van der Waals surface area contributed by atoms with Crippen molar-refractivity contribution < 1.29 is 19.1 Å². The zero-order chi connectivity index (χ0) is 14.2. The molecule has 0 bridgehead atoms. The minimum Gasteiger partial charge on any atom is -0.497 e. The van der Waals surface area contributed by atoms with Crippen molar-refractivity contribution in [2.24, 2.45) is 0 Å². The van der Waals surface area contributed by atoms with E-state index >= 15 is 0 Å². The fraction of sp³-hybridized carbons (Fsp3) is 0.286. The predicted octanol–water partition coefficient (Wildman–Crippen LogP) is 1.43. The molecule has 0 fully saturated rings. The van der Waals surface area contributed by atoms with E-state index in [0.29, 0.717) is 17.0 Å². The van der Waals surface area contributed by atoms with Gasteiger partial charge in [0.1, 0.15) is 5.75 Å². The molecule has 0 saturated heterocycles. The SMILES string of the molecule is C=CC1(C(=O)OC)C(=O)c2ccc(OC)cc2N1C. The molecule has 1 unspecified atom stereocenters. The number of benzene rings is 1. The minimum atomic E-state index is -1.50. The predicted molar refractivity (Wildman–Crippen MR) is 70.7 cm³/mol. The van der Waals surface area contributed by atoms with Gasteiger partial charge in [-0.1, -0.05) is 6.58 Å². The number of esters is 1. The summed E-state index contributed by atoms with van der Waals surface area (Å²) in [5.41, 5.74) is -0.424. The maximum atomic E-state index is 12.5. The largest absolute Gasteiger partial charge is 0.497 e. The number of fused-ring (bicyclic) bond motifs is 1. The second kappa shape index (κ2) is 4.42. The monoisotopic (exact) mass is 261 g/mol. The summed E-state index contributed by atoms with van der Waals surface area (Å²) in [6.07, 6.45) is 1.31. The molecule has 0 saturated carbocycles. The lowest BCUT2D eigenvalue weighted by molar-refractivity contribution is -0.143. The summed E-state index contributed by atoms with van der Waals surface area (Å²) in [7, 11) is 4.44. The van der Waals surface area contributed by atoms with Crippen LogP contribution in [-0.4, -0.2) is 38.6 Å². The first-order valence-corrected chi connectivity index (χ1v) is 5.71. The number of anilines is 1. The highest BCUT2D eigenvalue weighted by Crippen LogP contribution is 2.40. The number of carbonyl (C=O) groups is 2. The Balaban J connectivity index is 2.63. The second-order valence-corrected chi connectivity index (χ2v) is 4.23. The molecule has 0 aliphatic carbocycles. The summed E-state index contributed by atoms with van der Waals surface area (Å²) in [6, 6.07) is 5.03. The van der Waals surface area contributed by atoms with Crippen LogP contribution in [0, 0.1) is 0 Å². The zero-order valence-electron chi connectivity index (χ0n) is 11.1. The molecule has 1 atom stereocenters. The Bertz CT molecular complexity index is 567. The van der Waals surface area contributed by atoms with Crippen LogP contribution in [0.4, 0.5) is 5.69 Å². The molecule has 100 valence electrons. The van der Waals surface area contributed by atoms with E-state index in [1.165, 1.54) is 13.2 Å². The van der Waals surface area contributed by atoms with Crippen molar-refractivity contribution >= 4 is 17.4 Å². The number of methoxy groups -OCH3 is 2. The van der Waals surface area contributed by atoms with Crippen molar-refractivity contribution in [3.05, 3.63) is 36.4 Å². The highest BCUT2D eigenvalue weighted by atomic mass is 16.5. The van der Waals surface area contributed by atoms with Crippen LogP contribution in [0.15, 0.2) is 30.9 Å². The number of ether oxygens (including phenoxy) is 2. The van der Waals surface area contributed by atoms with Gasteiger partial charge in [-0.2, -0.15) is 0 Å². The molecule has 0 spiro atoms. The zero-order valence-corrected chi connectivity index (χ0v) is 11.1. The molecular formula is C14H15NO4. The van der Waals surface area contributed by atoms with E-state index in [1.807, 2.05) is 0 Å². The van der Waals surface area contributed by atoms with Crippen LogP contribution >= 0.6 is 0 Å². The molecule has 1 aliphatic rings. The van der Waals surface area contributed by atoms with Gasteiger partial charge in [-0.05, 0) is 18.2 Å². The third-order valence-corrected chi connectivity index (χ3v) is 3.48. The van der Waals surface area contributed by atoms with Gasteiger partial charge in [0, 0.05) is 18.7 Å². The Hall–Kier alpha value is -2.30. The van der Waals surface area contributed by atoms with E-state index in [0.717, 1.165) is 0 Å². The van der Waals surface area contributed by atoms with E-state index in [1.54, 1.807) is 37.3 Å². The third-order valence-electron chi connectivity index (χ3n) is 3.48. The van der Waals surface area contributed by atoms with Crippen LogP contribution in [0.25, 0.3) is 0 Å². The number of ketones is 1. The summed E-state index contributed by atoms with van der Waals surface area (Å²) in [4.78, 5) is 26.1. The quantitative estimate of drug-likeness (QED) is 0.468. The first-order chi connectivity index (χ1) is 9.02. The lowest BCUT2D eigenvalue weighted by Crippen LogP contribution is -2.54. The van der Waals surface area contributed by atoms with Crippen molar-refractivity contribution in [3.8, 4) is 5.75 Å². The Morgan fingerprint density at radius 1 is 1.42 bits per heavy atom. The van der Waals surface area contributed by atoms with Crippen LogP contribution < -0.4 is 9.64 Å². The lowest BCUT2D eigenvalue weighted by Gasteiger charge is -2.30. The average molecular weight is 261 g/mol. The van der Waals surface area contributed by atoms with Crippen molar-refractivity contribution in [1.29, 1.82) is 0 Å². The highest BCUT2D eigenvalue weighted by molar-refractivity contribution is 6.26. The molecule has 1 aromatic carbocycles. The summed E-state index contributed by atoms with van der Waals surface area (Å²) < 4.78 is 9.88. The maximum Gasteiger partial charge on any atom is 0.344 e. The second-order valence-electron chi connectivity index (χ2n) is 4.23. The van der Waals surface area contributed by atoms with Crippen LogP contribution in [0.2, 0.25) is 0 Å². The van der Waals surface area contributed by atoms with Crippen LogP contribution in [-0.2, 0) is 9.53 Å². The first-order valence-electron chi connectivity index (χ1n) is 5.71. The third kappa shape index (κ3) is 1.54. The molecule has 5 heteroatoms. The first kappa shape index (κ1) is 13.1. The van der Waals surface area contributed by atoms with Gasteiger partial charge >= 0.3 is 5.97 Å². The average Bonchev–Trinajstić information content (AvgIpc) is 2.67. The molecule has 0 aromatic heterocycles.